The van der Waals surface area contributed by atoms with Crippen LogP contribution < -0.4 is 10.2 Å². The van der Waals surface area contributed by atoms with Crippen LogP contribution in [0.15, 0.2) is 36.5 Å². The minimum absolute atomic E-state index is 0.0850. The highest BCUT2D eigenvalue weighted by molar-refractivity contribution is 6.01. The molecule has 3 rings (SSSR count). The number of carbonyl (C=O) groups excluding carboxylic acids is 1. The van der Waals surface area contributed by atoms with Gasteiger partial charge in [0.05, 0.1) is 5.56 Å². The molecule has 144 valence electrons. The first-order chi connectivity index (χ1) is 12.7. The van der Waals surface area contributed by atoms with Crippen molar-refractivity contribution >= 4 is 11.7 Å². The zero-order valence-electron chi connectivity index (χ0n) is 17.0. The Labute approximate surface area is 162 Å². The first-order valence-corrected chi connectivity index (χ1v) is 9.57. The molecule has 5 nitrogen and oxygen atoms in total. The van der Waals surface area contributed by atoms with E-state index >= 15 is 0 Å². The summed E-state index contributed by atoms with van der Waals surface area (Å²) in [6.45, 7) is 12.0. The molecule has 1 N–H and O–H groups in total. The van der Waals surface area contributed by atoms with E-state index in [-0.39, 0.29) is 11.4 Å². The summed E-state index contributed by atoms with van der Waals surface area (Å²) < 4.78 is 0. The molecule has 0 atom stereocenters. The molecular formula is C22H30N4O. The molecule has 0 saturated carbocycles. The van der Waals surface area contributed by atoms with Gasteiger partial charge < -0.3 is 15.1 Å². The number of piperazine rings is 1. The van der Waals surface area contributed by atoms with E-state index < -0.39 is 0 Å². The van der Waals surface area contributed by atoms with Crippen LogP contribution in [0.1, 0.15) is 36.7 Å². The molecule has 0 unspecified atom stereocenters. The van der Waals surface area contributed by atoms with Gasteiger partial charge in [-0.3, -0.25) is 4.79 Å². The molecule has 5 heteroatoms. The third-order valence-corrected chi connectivity index (χ3v) is 4.89. The Morgan fingerprint density at radius 3 is 2.37 bits per heavy atom. The third kappa shape index (κ3) is 4.66. The van der Waals surface area contributed by atoms with Gasteiger partial charge in [0.2, 0.25) is 0 Å². The molecule has 1 saturated heterocycles. The number of aromatic nitrogens is 1. The molecule has 2 aromatic rings. The van der Waals surface area contributed by atoms with Gasteiger partial charge in [0, 0.05) is 37.9 Å². The Kier molecular flexibility index (Phi) is 5.51. The summed E-state index contributed by atoms with van der Waals surface area (Å²) in [5.41, 5.74) is 3.50. The minimum atomic E-state index is -0.295. The number of carbonyl (C=O) groups is 1. The lowest BCUT2D eigenvalue weighted by Crippen LogP contribution is -2.45. The van der Waals surface area contributed by atoms with Crippen LogP contribution >= 0.6 is 0 Å². The number of hydrogen-bond acceptors (Lipinski definition) is 4. The van der Waals surface area contributed by atoms with Crippen LogP contribution in [0, 0.1) is 6.92 Å². The van der Waals surface area contributed by atoms with Gasteiger partial charge in [-0.05, 0) is 57.5 Å². The van der Waals surface area contributed by atoms with Gasteiger partial charge in [-0.15, -0.1) is 0 Å². The first kappa shape index (κ1) is 19.4. The van der Waals surface area contributed by atoms with Crippen molar-refractivity contribution in [1.82, 2.24) is 15.2 Å². The molecule has 1 aromatic carbocycles. The van der Waals surface area contributed by atoms with Crippen molar-refractivity contribution < 1.29 is 4.79 Å². The van der Waals surface area contributed by atoms with E-state index in [2.05, 4.69) is 52.3 Å². The molecule has 1 amide bonds. The van der Waals surface area contributed by atoms with E-state index in [9.17, 15) is 4.79 Å². The lowest BCUT2D eigenvalue weighted by Gasteiger charge is -2.33. The molecule has 1 aromatic heterocycles. The number of anilines is 1. The highest BCUT2D eigenvalue weighted by atomic mass is 16.1. The molecule has 1 fully saturated rings. The second-order valence-electron chi connectivity index (χ2n) is 8.40. The Morgan fingerprint density at radius 2 is 1.74 bits per heavy atom. The maximum Gasteiger partial charge on any atom is 0.253 e. The largest absolute Gasteiger partial charge is 0.354 e. The van der Waals surface area contributed by atoms with E-state index in [4.69, 9.17) is 0 Å². The highest BCUT2D eigenvalue weighted by Gasteiger charge is 2.22. The number of nitrogens with zero attached hydrogens (tertiary/aromatic N) is 3. The number of benzene rings is 1. The van der Waals surface area contributed by atoms with Gasteiger partial charge in [0.15, 0.2) is 0 Å². The molecule has 1 aliphatic heterocycles. The molecule has 27 heavy (non-hydrogen) atoms. The first-order valence-electron chi connectivity index (χ1n) is 9.57. The van der Waals surface area contributed by atoms with Crippen LogP contribution in [-0.2, 0) is 0 Å². The molecular weight excluding hydrogens is 336 g/mol. The zero-order valence-corrected chi connectivity index (χ0v) is 17.0. The predicted octanol–water partition coefficient (Wildman–Crippen LogP) is 3.34. The lowest BCUT2D eigenvalue weighted by atomic mass is 9.96. The Morgan fingerprint density at radius 1 is 1.07 bits per heavy atom. The summed E-state index contributed by atoms with van der Waals surface area (Å²) in [4.78, 5) is 22.2. The quantitative estimate of drug-likeness (QED) is 0.905. The number of pyridine rings is 1. The number of nitrogens with one attached hydrogen (secondary N) is 1. The smallest absolute Gasteiger partial charge is 0.253 e. The van der Waals surface area contributed by atoms with Crippen LogP contribution in [0.4, 0.5) is 5.82 Å². The van der Waals surface area contributed by atoms with Crippen LogP contribution in [0.25, 0.3) is 11.1 Å². The second kappa shape index (κ2) is 7.69. The van der Waals surface area contributed by atoms with Crippen molar-refractivity contribution in [2.75, 3.05) is 38.1 Å². The number of amides is 1. The van der Waals surface area contributed by atoms with Crippen LogP contribution in [0.3, 0.4) is 0 Å². The van der Waals surface area contributed by atoms with Gasteiger partial charge >= 0.3 is 0 Å². The third-order valence-electron chi connectivity index (χ3n) is 4.89. The van der Waals surface area contributed by atoms with Gasteiger partial charge in [-0.2, -0.15) is 0 Å². The fraction of sp³-hybridized carbons (Fsp3) is 0.455. The number of likely N-dealkylation sites (N-methyl/N-ethyl adjacent to an activating group) is 1. The minimum Gasteiger partial charge on any atom is -0.354 e. The van der Waals surface area contributed by atoms with E-state index in [0.717, 1.165) is 48.7 Å². The summed E-state index contributed by atoms with van der Waals surface area (Å²) in [5.74, 6) is 0.854. The highest BCUT2D eigenvalue weighted by Crippen LogP contribution is 2.30. The monoisotopic (exact) mass is 366 g/mol. The molecule has 0 spiro atoms. The normalized spacial score (nSPS) is 15.7. The van der Waals surface area contributed by atoms with Crippen molar-refractivity contribution in [3.63, 3.8) is 0 Å². The van der Waals surface area contributed by atoms with Crippen LogP contribution in [-0.4, -0.2) is 54.6 Å². The number of rotatable bonds is 3. The standard InChI is InChI=1S/C22H30N4O/c1-16-8-6-7-9-17(16)18-14-20(26-12-10-25(5)11-13-26)23-15-19(18)21(27)24-22(2,3)4/h6-9,14-15H,10-13H2,1-5H3,(H,24,27). The molecule has 0 aliphatic carbocycles. The van der Waals surface area contributed by atoms with E-state index in [0.29, 0.717) is 5.56 Å². The number of aryl methyl sites for hydroxylation is 1. The maximum atomic E-state index is 12.9. The van der Waals surface area contributed by atoms with Crippen LogP contribution in [0.2, 0.25) is 0 Å². The van der Waals surface area contributed by atoms with E-state index in [1.54, 1.807) is 6.20 Å². The topological polar surface area (TPSA) is 48.5 Å². The Bertz CT molecular complexity index is 817. The summed E-state index contributed by atoms with van der Waals surface area (Å²) in [7, 11) is 2.14. The Balaban J connectivity index is 2.03. The second-order valence-corrected chi connectivity index (χ2v) is 8.40. The van der Waals surface area contributed by atoms with Crippen molar-refractivity contribution in [3.05, 3.63) is 47.7 Å². The average molecular weight is 367 g/mol. The molecule has 0 bridgehead atoms. The number of hydrogen-bond donors (Lipinski definition) is 1. The zero-order chi connectivity index (χ0) is 19.6. The van der Waals surface area contributed by atoms with Crippen molar-refractivity contribution in [3.8, 4) is 11.1 Å². The van der Waals surface area contributed by atoms with Crippen LogP contribution in [0.5, 0.6) is 0 Å². The predicted molar refractivity (Wildman–Crippen MR) is 111 cm³/mol. The van der Waals surface area contributed by atoms with Crippen molar-refractivity contribution in [1.29, 1.82) is 0 Å². The molecule has 0 radical (unpaired) electrons. The summed E-state index contributed by atoms with van der Waals surface area (Å²) in [6.07, 6.45) is 1.73. The summed E-state index contributed by atoms with van der Waals surface area (Å²) in [5, 5.41) is 3.07. The van der Waals surface area contributed by atoms with Gasteiger partial charge in [-0.25, -0.2) is 4.98 Å². The van der Waals surface area contributed by atoms with Gasteiger partial charge in [0.1, 0.15) is 5.82 Å². The van der Waals surface area contributed by atoms with E-state index in [1.807, 2.05) is 32.9 Å². The summed E-state index contributed by atoms with van der Waals surface area (Å²) in [6, 6.07) is 10.3. The van der Waals surface area contributed by atoms with Crippen molar-refractivity contribution in [2.45, 2.75) is 33.2 Å². The van der Waals surface area contributed by atoms with Gasteiger partial charge in [-0.1, -0.05) is 24.3 Å². The fourth-order valence-corrected chi connectivity index (χ4v) is 3.34. The fourth-order valence-electron chi connectivity index (χ4n) is 3.34. The summed E-state index contributed by atoms with van der Waals surface area (Å²) >= 11 is 0. The lowest BCUT2D eigenvalue weighted by molar-refractivity contribution is 0.0920. The average Bonchev–Trinajstić information content (AvgIpc) is 2.61. The molecule has 1 aliphatic rings. The van der Waals surface area contributed by atoms with E-state index in [1.165, 1.54) is 0 Å². The van der Waals surface area contributed by atoms with Gasteiger partial charge in [0.25, 0.3) is 5.91 Å². The molecule has 2 heterocycles. The maximum absolute atomic E-state index is 12.9. The SMILES string of the molecule is Cc1ccccc1-c1cc(N2CCN(C)CC2)ncc1C(=O)NC(C)(C)C. The Hall–Kier alpha value is -2.40. The van der Waals surface area contributed by atoms with Crippen molar-refractivity contribution in [2.24, 2.45) is 0 Å².